The Bertz CT molecular complexity index is 628. The molecule has 0 amide bonds. The molecule has 2 rings (SSSR count). The Morgan fingerprint density at radius 1 is 1.08 bits per heavy atom. The molecule has 0 bridgehead atoms. The summed E-state index contributed by atoms with van der Waals surface area (Å²) in [6.07, 6.45) is -0.702. The van der Waals surface area contributed by atoms with Gasteiger partial charge in [0, 0.05) is 24.7 Å². The van der Waals surface area contributed by atoms with E-state index in [9.17, 15) is 10.2 Å². The van der Waals surface area contributed by atoms with Crippen molar-refractivity contribution in [3.63, 3.8) is 0 Å². The van der Waals surface area contributed by atoms with Gasteiger partial charge in [-0.15, -0.1) is 12.4 Å². The van der Waals surface area contributed by atoms with Crippen LogP contribution >= 0.6 is 35.6 Å². The summed E-state index contributed by atoms with van der Waals surface area (Å²) in [4.78, 5) is 1.98. The van der Waals surface area contributed by atoms with Gasteiger partial charge in [0.05, 0.1) is 11.6 Å². The summed E-state index contributed by atoms with van der Waals surface area (Å²) < 4.78 is 5.55. The summed E-state index contributed by atoms with van der Waals surface area (Å²) in [5.74, 6) is 0.483. The fraction of sp³-hybridized carbons (Fsp3) is 0.333. The minimum atomic E-state index is -0.702. The van der Waals surface area contributed by atoms with E-state index in [0.29, 0.717) is 35.4 Å². The third-order valence-electron chi connectivity index (χ3n) is 3.46. The lowest BCUT2D eigenvalue weighted by Gasteiger charge is -2.24. The minimum Gasteiger partial charge on any atom is -0.489 e. The Labute approximate surface area is 164 Å². The highest BCUT2D eigenvalue weighted by atomic mass is 35.5. The molecule has 0 aromatic heterocycles. The normalized spacial score (nSPS) is 11.9. The maximum atomic E-state index is 10.2. The summed E-state index contributed by atoms with van der Waals surface area (Å²) in [6, 6.07) is 14.9. The van der Waals surface area contributed by atoms with E-state index in [1.807, 2.05) is 35.2 Å². The van der Waals surface area contributed by atoms with Crippen LogP contribution < -0.4 is 4.74 Å². The van der Waals surface area contributed by atoms with Gasteiger partial charge in [0.15, 0.2) is 0 Å². The average Bonchev–Trinajstić information content (AvgIpc) is 2.55. The summed E-state index contributed by atoms with van der Waals surface area (Å²) in [5.41, 5.74) is 1.12. The third-order valence-corrected chi connectivity index (χ3v) is 3.99. The third kappa shape index (κ3) is 7.82. The number of halogens is 3. The Hall–Kier alpha value is -1.01. The number of rotatable bonds is 9. The summed E-state index contributed by atoms with van der Waals surface area (Å²) in [7, 11) is 0. The Balaban J connectivity index is 0.00000312. The van der Waals surface area contributed by atoms with Gasteiger partial charge in [-0.3, -0.25) is 4.90 Å². The summed E-state index contributed by atoms with van der Waals surface area (Å²) in [5, 5.41) is 20.4. The standard InChI is InChI=1S/C18H21Cl2NO3.ClH/c19-15-6-7-18(17(20)10-15)24-13-16(23)12-21(8-9-22)11-14-4-2-1-3-5-14;/h1-7,10,16,22-23H,8-9,11-13H2;1H. The first-order valence-electron chi connectivity index (χ1n) is 7.71. The predicted octanol–water partition coefficient (Wildman–Crippen LogP) is 3.65. The number of benzene rings is 2. The van der Waals surface area contributed by atoms with Crippen LogP contribution in [0, 0.1) is 0 Å². The van der Waals surface area contributed by atoms with E-state index in [2.05, 4.69) is 0 Å². The van der Waals surface area contributed by atoms with Crippen LogP contribution in [0.2, 0.25) is 10.0 Å². The molecule has 0 aliphatic carbocycles. The zero-order valence-electron chi connectivity index (χ0n) is 13.6. The lowest BCUT2D eigenvalue weighted by atomic mass is 10.2. The second-order valence-corrected chi connectivity index (χ2v) is 6.33. The molecule has 0 aliphatic rings. The first-order chi connectivity index (χ1) is 11.6. The van der Waals surface area contributed by atoms with Gasteiger partial charge in [0.25, 0.3) is 0 Å². The fourth-order valence-electron chi connectivity index (χ4n) is 2.35. The highest BCUT2D eigenvalue weighted by Gasteiger charge is 2.13. The second kappa shape index (κ2) is 11.6. The first-order valence-corrected chi connectivity index (χ1v) is 8.47. The van der Waals surface area contributed by atoms with Gasteiger partial charge >= 0.3 is 0 Å². The van der Waals surface area contributed by atoms with Crippen LogP contribution in [0.1, 0.15) is 5.56 Å². The van der Waals surface area contributed by atoms with Crippen LogP contribution in [0.4, 0.5) is 0 Å². The molecule has 25 heavy (non-hydrogen) atoms. The molecule has 0 saturated carbocycles. The number of nitrogens with zero attached hydrogens (tertiary/aromatic N) is 1. The van der Waals surface area contributed by atoms with Crippen LogP contribution in [0.3, 0.4) is 0 Å². The number of hydrogen-bond donors (Lipinski definition) is 2. The van der Waals surface area contributed by atoms with Gasteiger partial charge in [-0.2, -0.15) is 0 Å². The molecular formula is C18H22Cl3NO3. The van der Waals surface area contributed by atoms with Crippen molar-refractivity contribution in [2.45, 2.75) is 12.6 Å². The van der Waals surface area contributed by atoms with E-state index in [1.165, 1.54) is 0 Å². The van der Waals surface area contributed by atoms with Gasteiger partial charge in [0.2, 0.25) is 0 Å². The van der Waals surface area contributed by atoms with E-state index in [1.54, 1.807) is 18.2 Å². The number of aliphatic hydroxyl groups is 2. The zero-order valence-corrected chi connectivity index (χ0v) is 16.0. The van der Waals surface area contributed by atoms with Crippen molar-refractivity contribution < 1.29 is 14.9 Å². The van der Waals surface area contributed by atoms with Crippen molar-refractivity contribution >= 4 is 35.6 Å². The lowest BCUT2D eigenvalue weighted by molar-refractivity contribution is 0.0590. The molecule has 1 unspecified atom stereocenters. The van der Waals surface area contributed by atoms with E-state index in [0.717, 1.165) is 5.56 Å². The monoisotopic (exact) mass is 405 g/mol. The van der Waals surface area contributed by atoms with Crippen molar-refractivity contribution in [2.24, 2.45) is 0 Å². The molecule has 0 radical (unpaired) electrons. The smallest absolute Gasteiger partial charge is 0.138 e. The Kier molecular flexibility index (Phi) is 10.2. The number of aliphatic hydroxyl groups excluding tert-OH is 2. The molecule has 138 valence electrons. The lowest BCUT2D eigenvalue weighted by Crippen LogP contribution is -2.37. The van der Waals surface area contributed by atoms with Crippen molar-refractivity contribution in [3.8, 4) is 5.75 Å². The molecule has 0 aliphatic heterocycles. The maximum Gasteiger partial charge on any atom is 0.138 e. The molecule has 0 heterocycles. The average molecular weight is 407 g/mol. The molecule has 0 spiro atoms. The summed E-state index contributed by atoms with van der Waals surface area (Å²) in [6.45, 7) is 1.66. The first kappa shape index (κ1) is 22.0. The highest BCUT2D eigenvalue weighted by molar-refractivity contribution is 6.35. The Morgan fingerprint density at radius 3 is 2.44 bits per heavy atom. The number of ether oxygens (including phenoxy) is 1. The SMILES string of the molecule is Cl.OCCN(Cc1ccccc1)CC(O)COc1ccc(Cl)cc1Cl. The maximum absolute atomic E-state index is 10.2. The molecule has 2 aromatic carbocycles. The molecule has 4 nitrogen and oxygen atoms in total. The van der Waals surface area contributed by atoms with Gasteiger partial charge in [-0.25, -0.2) is 0 Å². The van der Waals surface area contributed by atoms with Crippen LogP contribution in [-0.2, 0) is 6.54 Å². The van der Waals surface area contributed by atoms with Crippen LogP contribution in [0.5, 0.6) is 5.75 Å². The Morgan fingerprint density at radius 2 is 1.80 bits per heavy atom. The zero-order chi connectivity index (χ0) is 17.4. The van der Waals surface area contributed by atoms with Crippen molar-refractivity contribution in [3.05, 3.63) is 64.1 Å². The molecule has 7 heteroatoms. The highest BCUT2D eigenvalue weighted by Crippen LogP contribution is 2.27. The van der Waals surface area contributed by atoms with Crippen LogP contribution in [0.25, 0.3) is 0 Å². The van der Waals surface area contributed by atoms with Crippen LogP contribution in [-0.4, -0.2) is 47.5 Å². The summed E-state index contributed by atoms with van der Waals surface area (Å²) >= 11 is 11.9. The van der Waals surface area contributed by atoms with Crippen molar-refractivity contribution in [1.29, 1.82) is 0 Å². The van der Waals surface area contributed by atoms with E-state index in [4.69, 9.17) is 27.9 Å². The van der Waals surface area contributed by atoms with Gasteiger partial charge < -0.3 is 14.9 Å². The molecule has 0 saturated heterocycles. The molecule has 0 fully saturated rings. The topological polar surface area (TPSA) is 52.9 Å². The van der Waals surface area contributed by atoms with E-state index in [-0.39, 0.29) is 25.6 Å². The molecular weight excluding hydrogens is 385 g/mol. The quantitative estimate of drug-likeness (QED) is 0.667. The number of hydrogen-bond acceptors (Lipinski definition) is 4. The van der Waals surface area contributed by atoms with Gasteiger partial charge in [-0.05, 0) is 23.8 Å². The molecule has 1 atom stereocenters. The van der Waals surface area contributed by atoms with Gasteiger partial charge in [0.1, 0.15) is 18.5 Å². The molecule has 2 aromatic rings. The predicted molar refractivity (Wildman–Crippen MR) is 104 cm³/mol. The van der Waals surface area contributed by atoms with E-state index < -0.39 is 6.10 Å². The fourth-order valence-corrected chi connectivity index (χ4v) is 2.81. The van der Waals surface area contributed by atoms with Crippen molar-refractivity contribution in [2.75, 3.05) is 26.3 Å². The largest absolute Gasteiger partial charge is 0.489 e. The van der Waals surface area contributed by atoms with Gasteiger partial charge in [-0.1, -0.05) is 53.5 Å². The van der Waals surface area contributed by atoms with Crippen molar-refractivity contribution in [1.82, 2.24) is 4.90 Å². The second-order valence-electron chi connectivity index (χ2n) is 5.48. The van der Waals surface area contributed by atoms with E-state index >= 15 is 0 Å². The molecule has 2 N–H and O–H groups in total. The van der Waals surface area contributed by atoms with Crippen LogP contribution in [0.15, 0.2) is 48.5 Å². The minimum absolute atomic E-state index is 0.